The average Bonchev–Trinajstić information content (AvgIpc) is 2.94. The minimum absolute atomic E-state index is 0.0838. The maximum Gasteiger partial charge on any atom is 0.274 e. The van der Waals surface area contributed by atoms with Crippen LogP contribution in [0.2, 0.25) is 0 Å². The van der Waals surface area contributed by atoms with E-state index in [9.17, 15) is 29.4 Å². The molecular weight excluding hydrogens is 512 g/mol. The van der Waals surface area contributed by atoms with Gasteiger partial charge in [-0.2, -0.15) is 0 Å². The van der Waals surface area contributed by atoms with Gasteiger partial charge in [0.2, 0.25) is 11.8 Å². The van der Waals surface area contributed by atoms with Crippen LogP contribution in [0.15, 0.2) is 48.7 Å². The number of aliphatic hydroxyl groups is 1. The Morgan fingerprint density at radius 3 is 2.45 bits per heavy atom. The second-order valence-corrected chi connectivity index (χ2v) is 10.8. The van der Waals surface area contributed by atoms with Crippen LogP contribution in [0.3, 0.4) is 0 Å². The fourth-order valence-electron chi connectivity index (χ4n) is 5.29. The second-order valence-electron chi connectivity index (χ2n) is 10.8. The van der Waals surface area contributed by atoms with Crippen molar-refractivity contribution in [1.29, 1.82) is 0 Å². The number of nitrogens with one attached hydrogen (secondary N) is 2. The Balaban J connectivity index is 2.04. The molecule has 1 aliphatic heterocycles. The Morgan fingerprint density at radius 2 is 1.82 bits per heavy atom. The zero-order valence-corrected chi connectivity index (χ0v) is 23.7. The van der Waals surface area contributed by atoms with E-state index in [0.717, 1.165) is 5.56 Å². The number of hydrogen-bond donors (Lipinski definition) is 4. The zero-order chi connectivity index (χ0) is 29.6. The van der Waals surface area contributed by atoms with Crippen molar-refractivity contribution < 1.29 is 29.4 Å². The molecule has 0 saturated carbocycles. The summed E-state index contributed by atoms with van der Waals surface area (Å²) in [6, 6.07) is 9.22. The average molecular weight is 553 g/mol. The molecule has 1 aromatic heterocycles. The molecule has 0 aliphatic carbocycles. The SMILES string of the molecule is CCC(C)C1C(=O)C[C@H](C)[C@H](NC(=O)c2ncccc2O)C(=O)N[C@@H](Cc2ccccc2)[C@@H](O)[C@@H](C)C(=O)N1C. The van der Waals surface area contributed by atoms with Crippen LogP contribution in [0, 0.1) is 17.8 Å². The smallest absolute Gasteiger partial charge is 0.274 e. The Morgan fingerprint density at radius 1 is 1.15 bits per heavy atom. The summed E-state index contributed by atoms with van der Waals surface area (Å²) in [4.78, 5) is 59.3. The molecule has 0 bridgehead atoms. The predicted molar refractivity (Wildman–Crippen MR) is 149 cm³/mol. The van der Waals surface area contributed by atoms with Gasteiger partial charge in [0, 0.05) is 19.7 Å². The molecule has 4 N–H and O–H groups in total. The summed E-state index contributed by atoms with van der Waals surface area (Å²) >= 11 is 0. The van der Waals surface area contributed by atoms with E-state index in [0.29, 0.717) is 6.42 Å². The molecule has 10 heteroatoms. The van der Waals surface area contributed by atoms with E-state index < -0.39 is 47.9 Å². The number of nitrogens with zero attached hydrogens (tertiary/aromatic N) is 2. The number of pyridine rings is 1. The molecule has 216 valence electrons. The highest BCUT2D eigenvalue weighted by Crippen LogP contribution is 2.25. The van der Waals surface area contributed by atoms with Gasteiger partial charge in [0.05, 0.1) is 24.1 Å². The number of benzene rings is 1. The van der Waals surface area contributed by atoms with Gasteiger partial charge in [0.15, 0.2) is 11.5 Å². The van der Waals surface area contributed by atoms with Crippen molar-refractivity contribution >= 4 is 23.5 Å². The molecule has 7 atom stereocenters. The Kier molecular flexibility index (Phi) is 10.4. The van der Waals surface area contributed by atoms with Crippen molar-refractivity contribution in [2.75, 3.05) is 7.05 Å². The highest BCUT2D eigenvalue weighted by molar-refractivity contribution is 5.98. The summed E-state index contributed by atoms with van der Waals surface area (Å²) < 4.78 is 0. The standard InChI is InChI=1S/C30H40N4O6/c1-6-17(2)26-23(36)15-18(3)24(33-29(39)25-22(35)13-10-14-31-25)28(38)32-21(16-20-11-8-7-9-12-20)27(37)19(4)30(40)34(26)5/h7-14,17-19,21,24,26-27,35,37H,6,15-16H2,1-5H3,(H,32,38)(H,33,39)/t17?,18-,19+,21-,24-,26?,27-/m0/s1. The normalized spacial score (nSPS) is 27.2. The Hall–Kier alpha value is -3.79. The number of hydrogen-bond acceptors (Lipinski definition) is 7. The first-order valence-electron chi connectivity index (χ1n) is 13.7. The third-order valence-corrected chi connectivity index (χ3v) is 7.88. The molecular formula is C30H40N4O6. The summed E-state index contributed by atoms with van der Waals surface area (Å²) in [6.07, 6.45) is 0.853. The van der Waals surface area contributed by atoms with E-state index in [2.05, 4.69) is 15.6 Å². The quantitative estimate of drug-likeness (QED) is 0.429. The van der Waals surface area contributed by atoms with E-state index in [1.807, 2.05) is 44.2 Å². The van der Waals surface area contributed by atoms with Gasteiger partial charge in [0.25, 0.3) is 5.91 Å². The molecule has 0 radical (unpaired) electrons. The number of carbonyl (C=O) groups excluding carboxylic acids is 4. The van der Waals surface area contributed by atoms with Gasteiger partial charge in [-0.05, 0) is 36.0 Å². The summed E-state index contributed by atoms with van der Waals surface area (Å²) in [5, 5.41) is 27.0. The zero-order valence-electron chi connectivity index (χ0n) is 23.7. The van der Waals surface area contributed by atoms with Gasteiger partial charge in [-0.3, -0.25) is 19.2 Å². The number of amides is 3. The van der Waals surface area contributed by atoms with Crippen molar-refractivity contribution in [3.05, 3.63) is 59.9 Å². The van der Waals surface area contributed by atoms with Gasteiger partial charge >= 0.3 is 0 Å². The summed E-state index contributed by atoms with van der Waals surface area (Å²) in [5.41, 5.74) is 0.587. The molecule has 1 aliphatic rings. The fraction of sp³-hybridized carbons (Fsp3) is 0.500. The maximum absolute atomic E-state index is 13.7. The first-order chi connectivity index (χ1) is 19.0. The molecule has 1 saturated heterocycles. The van der Waals surface area contributed by atoms with E-state index in [1.165, 1.54) is 23.2 Å². The number of likely N-dealkylation sites (N-methyl/N-ethyl adjacent to an activating group) is 1. The lowest BCUT2D eigenvalue weighted by Crippen LogP contribution is -2.59. The minimum atomic E-state index is -1.28. The summed E-state index contributed by atoms with van der Waals surface area (Å²) in [6.45, 7) is 7.08. The Bertz CT molecular complexity index is 1210. The van der Waals surface area contributed by atoms with Crippen LogP contribution in [-0.2, 0) is 20.8 Å². The van der Waals surface area contributed by atoms with Gasteiger partial charge in [-0.1, -0.05) is 64.4 Å². The third kappa shape index (κ3) is 7.04. The maximum atomic E-state index is 13.7. The van der Waals surface area contributed by atoms with Crippen LogP contribution in [0.25, 0.3) is 0 Å². The molecule has 2 heterocycles. The third-order valence-electron chi connectivity index (χ3n) is 7.88. The van der Waals surface area contributed by atoms with E-state index in [4.69, 9.17) is 0 Å². The van der Waals surface area contributed by atoms with Gasteiger partial charge in [-0.15, -0.1) is 0 Å². The Labute approximate surface area is 235 Å². The topological polar surface area (TPSA) is 149 Å². The van der Waals surface area contributed by atoms with Crippen molar-refractivity contribution in [2.45, 2.75) is 71.2 Å². The number of aliphatic hydroxyl groups excluding tert-OH is 1. The van der Waals surface area contributed by atoms with Gasteiger partial charge in [0.1, 0.15) is 11.8 Å². The lowest BCUT2D eigenvalue weighted by molar-refractivity contribution is -0.147. The molecule has 0 spiro atoms. The first-order valence-corrected chi connectivity index (χ1v) is 13.7. The highest BCUT2D eigenvalue weighted by Gasteiger charge is 2.41. The van der Waals surface area contributed by atoms with Crippen molar-refractivity contribution in [2.24, 2.45) is 17.8 Å². The van der Waals surface area contributed by atoms with E-state index in [-0.39, 0.29) is 41.9 Å². The molecule has 3 rings (SSSR count). The number of aromatic hydroxyl groups is 1. The minimum Gasteiger partial charge on any atom is -0.505 e. The van der Waals surface area contributed by atoms with Crippen molar-refractivity contribution in [1.82, 2.24) is 20.5 Å². The molecule has 10 nitrogen and oxygen atoms in total. The van der Waals surface area contributed by atoms with E-state index >= 15 is 0 Å². The summed E-state index contributed by atoms with van der Waals surface area (Å²) in [7, 11) is 1.57. The van der Waals surface area contributed by atoms with Crippen molar-refractivity contribution in [3.8, 4) is 5.75 Å². The van der Waals surface area contributed by atoms with Crippen LogP contribution in [0.5, 0.6) is 5.75 Å². The molecule has 1 fully saturated rings. The van der Waals surface area contributed by atoms with Crippen molar-refractivity contribution in [3.63, 3.8) is 0 Å². The van der Waals surface area contributed by atoms with Crippen LogP contribution in [0.1, 0.15) is 56.6 Å². The number of aromatic nitrogens is 1. The fourth-order valence-corrected chi connectivity index (χ4v) is 5.29. The van der Waals surface area contributed by atoms with Crippen LogP contribution in [-0.4, -0.2) is 74.9 Å². The first kappa shape index (κ1) is 30.7. The predicted octanol–water partition coefficient (Wildman–Crippen LogP) is 2.09. The van der Waals surface area contributed by atoms with Crippen LogP contribution in [0.4, 0.5) is 0 Å². The monoisotopic (exact) mass is 552 g/mol. The number of rotatable bonds is 6. The van der Waals surface area contributed by atoms with Gasteiger partial charge in [-0.25, -0.2) is 4.98 Å². The number of carbonyl (C=O) groups is 4. The molecule has 40 heavy (non-hydrogen) atoms. The number of ketones is 1. The molecule has 2 aromatic rings. The molecule has 3 amide bonds. The summed E-state index contributed by atoms with van der Waals surface area (Å²) in [5.74, 6) is -4.14. The molecule has 2 unspecified atom stereocenters. The number of Topliss-reactive ketones (excluding diaryl/α,β-unsaturated/α-hetero) is 1. The lowest BCUT2D eigenvalue weighted by Gasteiger charge is -2.38. The van der Waals surface area contributed by atoms with Crippen LogP contribution >= 0.6 is 0 Å². The highest BCUT2D eigenvalue weighted by atomic mass is 16.3. The lowest BCUT2D eigenvalue weighted by atomic mass is 9.84. The molecule has 1 aromatic carbocycles. The van der Waals surface area contributed by atoms with E-state index in [1.54, 1.807) is 20.9 Å². The largest absolute Gasteiger partial charge is 0.505 e. The van der Waals surface area contributed by atoms with Gasteiger partial charge < -0.3 is 25.7 Å². The van der Waals surface area contributed by atoms with Crippen LogP contribution < -0.4 is 10.6 Å². The second kappa shape index (κ2) is 13.5.